The first kappa shape index (κ1) is 17.9. The molecule has 2 fully saturated rings. The number of halogens is 1. The summed E-state index contributed by atoms with van der Waals surface area (Å²) in [6, 6.07) is 5.72. The number of hydrogen-bond donors (Lipinski definition) is 2. The summed E-state index contributed by atoms with van der Waals surface area (Å²) in [5.74, 6) is 1.25. The molecule has 5 heterocycles. The van der Waals surface area contributed by atoms with Gasteiger partial charge in [0.05, 0.1) is 11.2 Å². The number of nitrogens with zero attached hydrogens (tertiary/aromatic N) is 5. The molecular formula is C19H20ClN7S. The van der Waals surface area contributed by atoms with Crippen molar-refractivity contribution >= 4 is 46.2 Å². The van der Waals surface area contributed by atoms with Crippen LogP contribution in [0.3, 0.4) is 0 Å². The van der Waals surface area contributed by atoms with E-state index in [9.17, 15) is 0 Å². The number of anilines is 2. The maximum absolute atomic E-state index is 6.23. The van der Waals surface area contributed by atoms with Gasteiger partial charge in [-0.25, -0.2) is 19.9 Å². The number of nitrogen functional groups attached to an aromatic ring is 1. The Morgan fingerprint density at radius 2 is 1.93 bits per heavy atom. The van der Waals surface area contributed by atoms with Gasteiger partial charge < -0.3 is 16.0 Å². The van der Waals surface area contributed by atoms with Crippen LogP contribution in [0.2, 0.25) is 5.02 Å². The fourth-order valence-corrected chi connectivity index (χ4v) is 4.81. The van der Waals surface area contributed by atoms with Gasteiger partial charge in [-0.2, -0.15) is 0 Å². The van der Waals surface area contributed by atoms with E-state index in [0.717, 1.165) is 47.4 Å². The van der Waals surface area contributed by atoms with E-state index in [-0.39, 0.29) is 0 Å². The third-order valence-electron chi connectivity index (χ3n) is 5.61. The molecule has 2 aliphatic rings. The highest BCUT2D eigenvalue weighted by molar-refractivity contribution is 7.99. The summed E-state index contributed by atoms with van der Waals surface area (Å²) in [5.41, 5.74) is 7.72. The molecule has 7 nitrogen and oxygen atoms in total. The number of rotatable bonds is 3. The summed E-state index contributed by atoms with van der Waals surface area (Å²) in [7, 11) is 0. The summed E-state index contributed by atoms with van der Waals surface area (Å²) in [4.78, 5) is 21.1. The van der Waals surface area contributed by atoms with Gasteiger partial charge in [0.1, 0.15) is 22.2 Å². The van der Waals surface area contributed by atoms with E-state index in [1.54, 1.807) is 6.20 Å². The Hall–Kier alpha value is -2.16. The van der Waals surface area contributed by atoms with Gasteiger partial charge in [0.2, 0.25) is 0 Å². The van der Waals surface area contributed by atoms with Gasteiger partial charge in [-0.05, 0) is 36.5 Å². The molecule has 0 amide bonds. The predicted octanol–water partition coefficient (Wildman–Crippen LogP) is 3.00. The first-order valence-corrected chi connectivity index (χ1v) is 10.5. The summed E-state index contributed by atoms with van der Waals surface area (Å²) >= 11 is 7.67. The average Bonchev–Trinajstić information content (AvgIpc) is 2.70. The zero-order valence-corrected chi connectivity index (χ0v) is 16.8. The van der Waals surface area contributed by atoms with Crippen molar-refractivity contribution < 1.29 is 0 Å². The van der Waals surface area contributed by atoms with Crippen LogP contribution >= 0.6 is 23.4 Å². The second-order valence-corrected chi connectivity index (χ2v) is 8.86. The van der Waals surface area contributed by atoms with Crippen LogP contribution in [0.4, 0.5) is 11.6 Å². The molecule has 0 bridgehead atoms. The molecule has 0 atom stereocenters. The molecule has 2 saturated heterocycles. The maximum Gasteiger partial charge on any atom is 0.179 e. The topological polar surface area (TPSA) is 92.8 Å². The van der Waals surface area contributed by atoms with Crippen molar-refractivity contribution in [3.05, 3.63) is 35.6 Å². The van der Waals surface area contributed by atoms with E-state index in [2.05, 4.69) is 25.2 Å². The Bertz CT molecular complexity index is 1030. The molecule has 28 heavy (non-hydrogen) atoms. The lowest BCUT2D eigenvalue weighted by Crippen LogP contribution is -2.58. The number of nitrogens with two attached hydrogens (primary N) is 1. The highest BCUT2D eigenvalue weighted by Crippen LogP contribution is 2.37. The van der Waals surface area contributed by atoms with Crippen molar-refractivity contribution in [2.75, 3.05) is 36.8 Å². The fraction of sp³-hybridized carbons (Fsp3) is 0.368. The summed E-state index contributed by atoms with van der Waals surface area (Å²) in [6.07, 6.45) is 5.89. The minimum atomic E-state index is 0.317. The van der Waals surface area contributed by atoms with Crippen LogP contribution in [0.15, 0.2) is 40.5 Å². The molecule has 1 spiro atoms. The highest BCUT2D eigenvalue weighted by atomic mass is 35.5. The van der Waals surface area contributed by atoms with Crippen LogP contribution in [-0.4, -0.2) is 46.1 Å². The molecule has 3 aromatic heterocycles. The van der Waals surface area contributed by atoms with E-state index in [0.29, 0.717) is 21.9 Å². The normalized spacial score (nSPS) is 18.4. The summed E-state index contributed by atoms with van der Waals surface area (Å²) in [5, 5.41) is 4.64. The molecule has 0 aromatic carbocycles. The standard InChI is InChI=1S/C19H20ClN7S/c20-16-13(3-6-23-17(16)21)28-15-2-1-12-18(26-15)24-9-14(25-12)27-7-4-19(5-8-27)10-22-11-19/h1-3,6,9,22H,4-5,7-8,10-11H2,(H2,21,23). The molecule has 0 radical (unpaired) electrons. The summed E-state index contributed by atoms with van der Waals surface area (Å²) in [6.45, 7) is 4.37. The second-order valence-electron chi connectivity index (χ2n) is 7.42. The van der Waals surface area contributed by atoms with Gasteiger partial charge in [0, 0.05) is 37.3 Å². The molecule has 5 rings (SSSR count). The summed E-state index contributed by atoms with van der Waals surface area (Å²) < 4.78 is 0. The minimum absolute atomic E-state index is 0.317. The first-order chi connectivity index (χ1) is 13.6. The van der Waals surface area contributed by atoms with Gasteiger partial charge in [-0.3, -0.25) is 0 Å². The number of aromatic nitrogens is 4. The Labute approximate surface area is 172 Å². The average molecular weight is 414 g/mol. The van der Waals surface area contributed by atoms with Crippen LogP contribution in [-0.2, 0) is 0 Å². The van der Waals surface area contributed by atoms with Crippen LogP contribution in [0.25, 0.3) is 11.2 Å². The SMILES string of the molecule is Nc1nccc(Sc2ccc3nc(N4CCC5(CC4)CNC5)cnc3n2)c1Cl. The monoisotopic (exact) mass is 413 g/mol. The number of piperidine rings is 1. The Morgan fingerprint density at radius 3 is 2.68 bits per heavy atom. The van der Waals surface area contributed by atoms with Crippen molar-refractivity contribution in [3.63, 3.8) is 0 Å². The van der Waals surface area contributed by atoms with Gasteiger partial charge in [0.15, 0.2) is 5.65 Å². The number of hydrogen-bond acceptors (Lipinski definition) is 8. The Balaban J connectivity index is 1.35. The number of fused-ring (bicyclic) bond motifs is 1. The van der Waals surface area contributed by atoms with Gasteiger partial charge in [0.25, 0.3) is 0 Å². The Kier molecular flexibility index (Phi) is 4.49. The second kappa shape index (κ2) is 7.02. The van der Waals surface area contributed by atoms with E-state index in [1.807, 2.05) is 24.4 Å². The minimum Gasteiger partial charge on any atom is -0.382 e. The zero-order chi connectivity index (χ0) is 19.1. The molecule has 144 valence electrons. The largest absolute Gasteiger partial charge is 0.382 e. The maximum atomic E-state index is 6.23. The molecule has 3 N–H and O–H groups in total. The number of pyridine rings is 2. The molecule has 0 unspecified atom stereocenters. The molecular weight excluding hydrogens is 394 g/mol. The van der Waals surface area contributed by atoms with Crippen molar-refractivity contribution in [3.8, 4) is 0 Å². The van der Waals surface area contributed by atoms with E-state index in [4.69, 9.17) is 22.3 Å². The molecule has 2 aliphatic heterocycles. The van der Waals surface area contributed by atoms with Crippen molar-refractivity contribution in [2.24, 2.45) is 5.41 Å². The predicted molar refractivity (Wildman–Crippen MR) is 112 cm³/mol. The smallest absolute Gasteiger partial charge is 0.179 e. The lowest BCUT2D eigenvalue weighted by atomic mass is 9.73. The van der Waals surface area contributed by atoms with Crippen LogP contribution in [0, 0.1) is 5.41 Å². The quantitative estimate of drug-likeness (QED) is 0.676. The van der Waals surface area contributed by atoms with Gasteiger partial charge >= 0.3 is 0 Å². The Morgan fingerprint density at radius 1 is 1.11 bits per heavy atom. The van der Waals surface area contributed by atoms with Crippen LogP contribution in [0.5, 0.6) is 0 Å². The van der Waals surface area contributed by atoms with Gasteiger partial charge in [-0.1, -0.05) is 23.4 Å². The van der Waals surface area contributed by atoms with Crippen molar-refractivity contribution in [1.82, 2.24) is 25.3 Å². The van der Waals surface area contributed by atoms with E-state index in [1.165, 1.54) is 24.6 Å². The third kappa shape index (κ3) is 3.25. The number of nitrogens with one attached hydrogen (secondary N) is 1. The fourth-order valence-electron chi connectivity index (χ4n) is 3.76. The van der Waals surface area contributed by atoms with Crippen LogP contribution in [0.1, 0.15) is 12.8 Å². The molecule has 9 heteroatoms. The van der Waals surface area contributed by atoms with Crippen molar-refractivity contribution in [1.29, 1.82) is 0 Å². The highest BCUT2D eigenvalue weighted by Gasteiger charge is 2.39. The third-order valence-corrected chi connectivity index (χ3v) is 7.12. The van der Waals surface area contributed by atoms with Crippen molar-refractivity contribution in [2.45, 2.75) is 22.8 Å². The molecule has 3 aromatic rings. The van der Waals surface area contributed by atoms with E-state index < -0.39 is 0 Å². The zero-order valence-electron chi connectivity index (χ0n) is 15.2. The lowest BCUT2D eigenvalue weighted by molar-refractivity contribution is 0.126. The molecule has 0 saturated carbocycles. The molecule has 0 aliphatic carbocycles. The van der Waals surface area contributed by atoms with Crippen LogP contribution < -0.4 is 16.0 Å². The van der Waals surface area contributed by atoms with E-state index >= 15 is 0 Å². The lowest BCUT2D eigenvalue weighted by Gasteiger charge is -2.48. The first-order valence-electron chi connectivity index (χ1n) is 9.29. The van der Waals surface area contributed by atoms with Gasteiger partial charge in [-0.15, -0.1) is 0 Å².